The van der Waals surface area contributed by atoms with Gasteiger partial charge in [-0.1, -0.05) is 19.0 Å². The summed E-state index contributed by atoms with van der Waals surface area (Å²) in [4.78, 5) is 12.1. The standard InChI is InChI=1S/C14H25N3O3/c1-6-14(4,10(3)15-5)8-16-13(19)12-9(2)11(7-18)20-17-12/h10,15,18H,6-8H2,1-5H3,(H,16,19). The van der Waals surface area contributed by atoms with Crippen LogP contribution in [-0.4, -0.2) is 35.8 Å². The van der Waals surface area contributed by atoms with Crippen LogP contribution in [0.5, 0.6) is 0 Å². The second kappa shape index (κ2) is 6.85. The summed E-state index contributed by atoms with van der Waals surface area (Å²) in [6.07, 6.45) is 0.939. The first-order valence-corrected chi connectivity index (χ1v) is 6.91. The maximum Gasteiger partial charge on any atom is 0.273 e. The average Bonchev–Trinajstić information content (AvgIpc) is 2.84. The zero-order valence-corrected chi connectivity index (χ0v) is 12.9. The third-order valence-electron chi connectivity index (χ3n) is 4.32. The zero-order chi connectivity index (χ0) is 15.3. The van der Waals surface area contributed by atoms with E-state index < -0.39 is 0 Å². The molecule has 0 saturated heterocycles. The van der Waals surface area contributed by atoms with Crippen molar-refractivity contribution >= 4 is 5.91 Å². The molecule has 1 aromatic heterocycles. The number of carbonyl (C=O) groups is 1. The molecule has 0 aliphatic carbocycles. The van der Waals surface area contributed by atoms with E-state index in [0.29, 0.717) is 17.9 Å². The van der Waals surface area contributed by atoms with Crippen molar-refractivity contribution in [3.63, 3.8) is 0 Å². The molecule has 0 spiro atoms. The number of nitrogens with zero attached hydrogens (tertiary/aromatic N) is 1. The van der Waals surface area contributed by atoms with E-state index in [1.54, 1.807) is 6.92 Å². The first kappa shape index (κ1) is 16.7. The fourth-order valence-electron chi connectivity index (χ4n) is 2.03. The van der Waals surface area contributed by atoms with Crippen molar-refractivity contribution in [1.82, 2.24) is 15.8 Å². The smallest absolute Gasteiger partial charge is 0.273 e. The van der Waals surface area contributed by atoms with Gasteiger partial charge in [-0.25, -0.2) is 0 Å². The second-order valence-electron chi connectivity index (χ2n) is 5.44. The Kier molecular flexibility index (Phi) is 5.71. The summed E-state index contributed by atoms with van der Waals surface area (Å²) in [5.74, 6) is 0.0610. The van der Waals surface area contributed by atoms with E-state index in [1.807, 2.05) is 7.05 Å². The van der Waals surface area contributed by atoms with Gasteiger partial charge in [0.15, 0.2) is 11.5 Å². The van der Waals surface area contributed by atoms with Crippen LogP contribution in [0.3, 0.4) is 0 Å². The third kappa shape index (κ3) is 3.37. The van der Waals surface area contributed by atoms with Gasteiger partial charge in [-0.3, -0.25) is 4.79 Å². The molecule has 0 radical (unpaired) electrons. The molecule has 3 N–H and O–H groups in total. The predicted molar refractivity (Wildman–Crippen MR) is 76.4 cm³/mol. The van der Waals surface area contributed by atoms with Crippen LogP contribution in [0.25, 0.3) is 0 Å². The summed E-state index contributed by atoms with van der Waals surface area (Å²) < 4.78 is 4.92. The van der Waals surface area contributed by atoms with E-state index in [9.17, 15) is 4.79 Å². The highest BCUT2D eigenvalue weighted by Gasteiger charge is 2.29. The van der Waals surface area contributed by atoms with Gasteiger partial charge in [-0.15, -0.1) is 0 Å². The van der Waals surface area contributed by atoms with Crippen LogP contribution in [0.15, 0.2) is 4.52 Å². The number of carbonyl (C=O) groups excluding carboxylic acids is 1. The van der Waals surface area contributed by atoms with Crippen molar-refractivity contribution < 1.29 is 14.4 Å². The quantitative estimate of drug-likeness (QED) is 0.700. The van der Waals surface area contributed by atoms with E-state index in [4.69, 9.17) is 9.63 Å². The Morgan fingerprint density at radius 2 is 2.20 bits per heavy atom. The van der Waals surface area contributed by atoms with Gasteiger partial charge < -0.3 is 20.3 Å². The normalized spacial score (nSPS) is 15.7. The predicted octanol–water partition coefficient (Wildman–Crippen LogP) is 1.23. The molecule has 1 amide bonds. The average molecular weight is 283 g/mol. The lowest BCUT2D eigenvalue weighted by Gasteiger charge is -2.34. The van der Waals surface area contributed by atoms with Crippen LogP contribution in [0, 0.1) is 12.3 Å². The highest BCUT2D eigenvalue weighted by molar-refractivity contribution is 5.93. The molecule has 0 bridgehead atoms. The lowest BCUT2D eigenvalue weighted by molar-refractivity contribution is 0.0911. The molecule has 0 fully saturated rings. The Balaban J connectivity index is 2.73. The molecule has 0 aliphatic heterocycles. The van der Waals surface area contributed by atoms with E-state index >= 15 is 0 Å². The third-order valence-corrected chi connectivity index (χ3v) is 4.32. The molecule has 1 aromatic rings. The maximum atomic E-state index is 12.1. The van der Waals surface area contributed by atoms with Crippen molar-refractivity contribution in [2.24, 2.45) is 5.41 Å². The van der Waals surface area contributed by atoms with E-state index in [1.165, 1.54) is 0 Å². The van der Waals surface area contributed by atoms with Crippen LogP contribution < -0.4 is 10.6 Å². The van der Waals surface area contributed by atoms with Gasteiger partial charge in [-0.2, -0.15) is 0 Å². The first-order chi connectivity index (χ1) is 9.39. The van der Waals surface area contributed by atoms with Gasteiger partial charge in [0.2, 0.25) is 0 Å². The van der Waals surface area contributed by atoms with E-state index in [-0.39, 0.29) is 29.7 Å². The SMILES string of the molecule is CCC(C)(CNC(=O)c1noc(CO)c1C)C(C)NC. The number of aliphatic hydroxyl groups is 1. The minimum atomic E-state index is -0.270. The molecule has 6 nitrogen and oxygen atoms in total. The van der Waals surface area contributed by atoms with Gasteiger partial charge in [0, 0.05) is 18.2 Å². The summed E-state index contributed by atoms with van der Waals surface area (Å²) >= 11 is 0. The topological polar surface area (TPSA) is 87.4 Å². The van der Waals surface area contributed by atoms with Crippen molar-refractivity contribution in [3.8, 4) is 0 Å². The van der Waals surface area contributed by atoms with Crippen LogP contribution in [0.2, 0.25) is 0 Å². The van der Waals surface area contributed by atoms with Crippen molar-refractivity contribution in [2.45, 2.75) is 46.8 Å². The fourth-order valence-corrected chi connectivity index (χ4v) is 2.03. The largest absolute Gasteiger partial charge is 0.388 e. The Labute approximate surface area is 119 Å². The molecule has 0 saturated carbocycles. The second-order valence-corrected chi connectivity index (χ2v) is 5.44. The molecule has 0 aliphatic rings. The van der Waals surface area contributed by atoms with Gasteiger partial charge in [0.05, 0.1) is 0 Å². The Morgan fingerprint density at radius 3 is 2.65 bits per heavy atom. The van der Waals surface area contributed by atoms with E-state index in [0.717, 1.165) is 6.42 Å². The minimum absolute atomic E-state index is 0.0398. The minimum Gasteiger partial charge on any atom is -0.388 e. The molecule has 114 valence electrons. The Morgan fingerprint density at radius 1 is 1.55 bits per heavy atom. The molecule has 2 unspecified atom stereocenters. The van der Waals surface area contributed by atoms with Gasteiger partial charge >= 0.3 is 0 Å². The summed E-state index contributed by atoms with van der Waals surface area (Å²) in [5.41, 5.74) is 0.788. The molecule has 6 heteroatoms. The number of aliphatic hydroxyl groups excluding tert-OH is 1. The lowest BCUT2D eigenvalue weighted by atomic mass is 9.80. The highest BCUT2D eigenvalue weighted by atomic mass is 16.5. The Hall–Kier alpha value is -1.40. The molecule has 0 aromatic carbocycles. The van der Waals surface area contributed by atoms with Gasteiger partial charge in [0.25, 0.3) is 5.91 Å². The number of amides is 1. The molecule has 2 atom stereocenters. The summed E-state index contributed by atoms with van der Waals surface area (Å²) in [5, 5.41) is 18.9. The van der Waals surface area contributed by atoms with E-state index in [2.05, 4.69) is 36.6 Å². The number of rotatable bonds is 7. The van der Waals surface area contributed by atoms with Crippen LogP contribution in [-0.2, 0) is 6.61 Å². The highest BCUT2D eigenvalue weighted by Crippen LogP contribution is 2.25. The molecular weight excluding hydrogens is 258 g/mol. The Bertz CT molecular complexity index is 459. The number of nitrogens with one attached hydrogen (secondary N) is 2. The van der Waals surface area contributed by atoms with Crippen molar-refractivity contribution in [2.75, 3.05) is 13.6 Å². The van der Waals surface area contributed by atoms with Crippen LogP contribution in [0.1, 0.15) is 49.0 Å². The van der Waals surface area contributed by atoms with Gasteiger partial charge in [0.1, 0.15) is 6.61 Å². The summed E-state index contributed by atoms with van der Waals surface area (Å²) in [6, 6.07) is 0.277. The maximum absolute atomic E-state index is 12.1. The molecule has 1 rings (SSSR count). The van der Waals surface area contributed by atoms with Crippen LogP contribution in [0.4, 0.5) is 0 Å². The first-order valence-electron chi connectivity index (χ1n) is 6.91. The molecule has 20 heavy (non-hydrogen) atoms. The number of aromatic nitrogens is 1. The number of hydrogen-bond donors (Lipinski definition) is 3. The molecule has 1 heterocycles. The number of hydrogen-bond acceptors (Lipinski definition) is 5. The fraction of sp³-hybridized carbons (Fsp3) is 0.714. The monoisotopic (exact) mass is 283 g/mol. The van der Waals surface area contributed by atoms with Crippen molar-refractivity contribution in [3.05, 3.63) is 17.0 Å². The summed E-state index contributed by atoms with van der Waals surface area (Å²) in [6.45, 7) is 8.34. The molecular formula is C14H25N3O3. The zero-order valence-electron chi connectivity index (χ0n) is 12.9. The van der Waals surface area contributed by atoms with Crippen molar-refractivity contribution in [1.29, 1.82) is 0 Å². The van der Waals surface area contributed by atoms with Crippen LogP contribution >= 0.6 is 0 Å². The summed E-state index contributed by atoms with van der Waals surface area (Å²) in [7, 11) is 1.91. The van der Waals surface area contributed by atoms with Gasteiger partial charge in [-0.05, 0) is 32.7 Å². The lowest BCUT2D eigenvalue weighted by Crippen LogP contribution is -2.47.